The monoisotopic (exact) mass is 290 g/mol. The minimum Gasteiger partial charge on any atom is -0.457 e. The maximum Gasteiger partial charge on any atom is 0.134 e. The number of rotatable bonds is 4. The van der Waals surface area contributed by atoms with Crippen LogP contribution >= 0.6 is 11.6 Å². The Morgan fingerprint density at radius 2 is 1.85 bits per heavy atom. The fourth-order valence-electron chi connectivity index (χ4n) is 1.64. The minimum atomic E-state index is 0.0490. The molecule has 1 N–H and O–H groups in total. The second-order valence-electron chi connectivity index (χ2n) is 5.64. The van der Waals surface area contributed by atoms with Crippen molar-refractivity contribution in [2.75, 3.05) is 0 Å². The highest BCUT2D eigenvalue weighted by Crippen LogP contribution is 2.26. The number of hydrogen-bond donors (Lipinski definition) is 1. The average Bonchev–Trinajstić information content (AvgIpc) is 2.39. The molecule has 0 unspecified atom stereocenters. The van der Waals surface area contributed by atoms with Crippen molar-refractivity contribution in [1.82, 2.24) is 10.3 Å². The smallest absolute Gasteiger partial charge is 0.134 e. The zero-order valence-corrected chi connectivity index (χ0v) is 12.7. The second kappa shape index (κ2) is 6.25. The van der Waals surface area contributed by atoms with Gasteiger partial charge in [0, 0.05) is 35.1 Å². The average molecular weight is 291 g/mol. The number of ether oxygens (including phenoxy) is 1. The van der Waals surface area contributed by atoms with Gasteiger partial charge in [-0.05, 0) is 51.1 Å². The van der Waals surface area contributed by atoms with Crippen molar-refractivity contribution in [3.8, 4) is 11.5 Å². The Morgan fingerprint density at radius 3 is 2.50 bits per heavy atom. The van der Waals surface area contributed by atoms with Crippen LogP contribution in [0.25, 0.3) is 0 Å². The van der Waals surface area contributed by atoms with E-state index in [9.17, 15) is 0 Å². The third-order valence-corrected chi connectivity index (χ3v) is 2.96. The van der Waals surface area contributed by atoms with Gasteiger partial charge in [-0.15, -0.1) is 0 Å². The number of nitrogens with one attached hydrogen (secondary N) is 1. The number of pyridine rings is 1. The van der Waals surface area contributed by atoms with Gasteiger partial charge in [-0.1, -0.05) is 11.6 Å². The van der Waals surface area contributed by atoms with Gasteiger partial charge in [-0.25, -0.2) is 0 Å². The molecule has 4 heteroatoms. The first-order valence-electron chi connectivity index (χ1n) is 6.55. The first-order chi connectivity index (χ1) is 9.44. The predicted molar refractivity (Wildman–Crippen MR) is 82.4 cm³/mol. The first-order valence-corrected chi connectivity index (χ1v) is 6.93. The van der Waals surface area contributed by atoms with Gasteiger partial charge in [0.05, 0.1) is 0 Å². The van der Waals surface area contributed by atoms with E-state index in [4.69, 9.17) is 16.3 Å². The summed E-state index contributed by atoms with van der Waals surface area (Å²) in [4.78, 5) is 4.16. The number of benzene rings is 1. The molecule has 106 valence electrons. The van der Waals surface area contributed by atoms with Crippen molar-refractivity contribution in [1.29, 1.82) is 0 Å². The van der Waals surface area contributed by atoms with Crippen LogP contribution in [-0.4, -0.2) is 10.5 Å². The molecule has 1 aromatic heterocycles. The molecule has 0 amide bonds. The minimum absolute atomic E-state index is 0.0490. The quantitative estimate of drug-likeness (QED) is 0.905. The lowest BCUT2D eigenvalue weighted by atomic mass is 10.1. The topological polar surface area (TPSA) is 34.2 Å². The normalized spacial score (nSPS) is 11.4. The number of aromatic nitrogens is 1. The summed E-state index contributed by atoms with van der Waals surface area (Å²) in [7, 11) is 0. The van der Waals surface area contributed by atoms with Gasteiger partial charge in [0.15, 0.2) is 0 Å². The summed E-state index contributed by atoms with van der Waals surface area (Å²) < 4.78 is 5.89. The van der Waals surface area contributed by atoms with Crippen molar-refractivity contribution in [3.63, 3.8) is 0 Å². The molecular weight excluding hydrogens is 272 g/mol. The summed E-state index contributed by atoms with van der Waals surface area (Å²) in [6.07, 6.45) is 3.55. The zero-order chi connectivity index (χ0) is 14.6. The lowest BCUT2D eigenvalue weighted by Crippen LogP contribution is -2.35. The fraction of sp³-hybridized carbons (Fsp3) is 0.312. The van der Waals surface area contributed by atoms with Gasteiger partial charge >= 0.3 is 0 Å². The molecule has 2 rings (SSSR count). The molecule has 0 bridgehead atoms. The number of nitrogens with zero attached hydrogens (tertiary/aromatic N) is 1. The van der Waals surface area contributed by atoms with Crippen LogP contribution in [0.15, 0.2) is 42.7 Å². The van der Waals surface area contributed by atoms with Crippen LogP contribution in [0.1, 0.15) is 26.3 Å². The van der Waals surface area contributed by atoms with Crippen LogP contribution in [0.3, 0.4) is 0 Å². The Bertz CT molecular complexity index is 561. The van der Waals surface area contributed by atoms with E-state index in [0.717, 1.165) is 17.1 Å². The van der Waals surface area contributed by atoms with Crippen molar-refractivity contribution >= 4 is 11.6 Å². The maximum atomic E-state index is 5.89. The Labute approximate surface area is 124 Å². The molecule has 0 atom stereocenters. The number of halogens is 1. The highest BCUT2D eigenvalue weighted by molar-refractivity contribution is 6.30. The Hall–Kier alpha value is -1.58. The molecule has 0 aliphatic rings. The van der Waals surface area contributed by atoms with Crippen molar-refractivity contribution in [2.45, 2.75) is 32.9 Å². The Balaban J connectivity index is 2.13. The largest absolute Gasteiger partial charge is 0.457 e. The molecule has 0 spiro atoms. The van der Waals surface area contributed by atoms with Crippen molar-refractivity contribution < 1.29 is 4.74 Å². The summed E-state index contributed by atoms with van der Waals surface area (Å²) in [5, 5.41) is 4.13. The zero-order valence-electron chi connectivity index (χ0n) is 12.0. The van der Waals surface area contributed by atoms with E-state index in [2.05, 4.69) is 31.1 Å². The van der Waals surface area contributed by atoms with Gasteiger partial charge < -0.3 is 10.1 Å². The van der Waals surface area contributed by atoms with Crippen LogP contribution in [0, 0.1) is 0 Å². The maximum absolute atomic E-state index is 5.89. The fourth-order valence-corrected chi connectivity index (χ4v) is 1.76. The van der Waals surface area contributed by atoms with E-state index in [0.29, 0.717) is 11.6 Å². The lowest BCUT2D eigenvalue weighted by Gasteiger charge is -2.21. The molecule has 0 aliphatic carbocycles. The van der Waals surface area contributed by atoms with Gasteiger partial charge in [-0.2, -0.15) is 0 Å². The molecule has 0 fully saturated rings. The van der Waals surface area contributed by atoms with Crippen molar-refractivity contribution in [2.24, 2.45) is 0 Å². The predicted octanol–water partition coefficient (Wildman–Crippen LogP) is 4.42. The first kappa shape index (κ1) is 14.8. The van der Waals surface area contributed by atoms with E-state index in [-0.39, 0.29) is 5.54 Å². The van der Waals surface area contributed by atoms with Crippen molar-refractivity contribution in [3.05, 3.63) is 53.3 Å². The molecule has 0 aliphatic heterocycles. The molecule has 1 aromatic carbocycles. The Kier molecular flexibility index (Phi) is 4.63. The van der Waals surface area contributed by atoms with Crippen LogP contribution in [0.4, 0.5) is 0 Å². The van der Waals surface area contributed by atoms with Crippen LogP contribution in [-0.2, 0) is 6.54 Å². The highest BCUT2D eigenvalue weighted by atomic mass is 35.5. The summed E-state index contributed by atoms with van der Waals surface area (Å²) in [6, 6.07) is 9.19. The van der Waals surface area contributed by atoms with Crippen LogP contribution < -0.4 is 10.1 Å². The molecule has 3 nitrogen and oxygen atoms in total. The van der Waals surface area contributed by atoms with E-state index in [1.165, 1.54) is 0 Å². The molecule has 0 saturated heterocycles. The lowest BCUT2D eigenvalue weighted by molar-refractivity contribution is 0.413. The second-order valence-corrected chi connectivity index (χ2v) is 6.08. The van der Waals surface area contributed by atoms with E-state index < -0.39 is 0 Å². The van der Waals surface area contributed by atoms with E-state index in [1.54, 1.807) is 6.20 Å². The van der Waals surface area contributed by atoms with E-state index in [1.807, 2.05) is 36.5 Å². The van der Waals surface area contributed by atoms with E-state index >= 15 is 0 Å². The van der Waals surface area contributed by atoms with Gasteiger partial charge in [0.2, 0.25) is 0 Å². The standard InChI is InChI=1S/C16H19ClN2O/c1-16(2,3)19-11-12-10-18-9-8-15(12)20-14-6-4-13(17)5-7-14/h4-10,19H,11H2,1-3H3. The third kappa shape index (κ3) is 4.51. The molecule has 2 aromatic rings. The summed E-state index contributed by atoms with van der Waals surface area (Å²) in [5.41, 5.74) is 1.07. The summed E-state index contributed by atoms with van der Waals surface area (Å²) >= 11 is 5.87. The Morgan fingerprint density at radius 1 is 1.15 bits per heavy atom. The molecule has 0 saturated carbocycles. The SMILES string of the molecule is CC(C)(C)NCc1cnccc1Oc1ccc(Cl)cc1. The molecular formula is C16H19ClN2O. The third-order valence-electron chi connectivity index (χ3n) is 2.71. The molecule has 0 radical (unpaired) electrons. The molecule has 1 heterocycles. The molecule has 20 heavy (non-hydrogen) atoms. The van der Waals surface area contributed by atoms with Gasteiger partial charge in [0.1, 0.15) is 11.5 Å². The van der Waals surface area contributed by atoms with Crippen LogP contribution in [0.2, 0.25) is 5.02 Å². The summed E-state index contributed by atoms with van der Waals surface area (Å²) in [5.74, 6) is 1.57. The van der Waals surface area contributed by atoms with Crippen LogP contribution in [0.5, 0.6) is 11.5 Å². The van der Waals surface area contributed by atoms with Gasteiger partial charge in [-0.3, -0.25) is 4.98 Å². The van der Waals surface area contributed by atoms with Gasteiger partial charge in [0.25, 0.3) is 0 Å². The summed E-state index contributed by atoms with van der Waals surface area (Å²) in [6.45, 7) is 7.09. The number of hydrogen-bond acceptors (Lipinski definition) is 3. The highest BCUT2D eigenvalue weighted by Gasteiger charge is 2.11.